The number of morpholine rings is 1. The van der Waals surface area contributed by atoms with E-state index in [1.165, 1.54) is 0 Å². The van der Waals surface area contributed by atoms with Gasteiger partial charge >= 0.3 is 0 Å². The number of nitrogens with one attached hydrogen (secondary N) is 1. The van der Waals surface area contributed by atoms with Crippen LogP contribution in [0.15, 0.2) is 0 Å². The van der Waals surface area contributed by atoms with Gasteiger partial charge in [-0.25, -0.2) is 0 Å². The van der Waals surface area contributed by atoms with Gasteiger partial charge < -0.3 is 20.7 Å². The fourth-order valence-corrected chi connectivity index (χ4v) is 2.22. The molecule has 2 rings (SSSR count). The first-order chi connectivity index (χ1) is 9.69. The standard InChI is InChI=1S/C12H22N6OS/c1-9(20-2)3-4-14-11-15-10(13)16-12(17-11)18-5-7-19-8-6-18/h9H,3-8H2,1-2H3,(H3,13,14,15,16,17). The maximum atomic E-state index is 5.76. The Hall–Kier alpha value is -1.28. The molecule has 20 heavy (non-hydrogen) atoms. The first-order valence-corrected chi connectivity index (χ1v) is 8.08. The third-order valence-electron chi connectivity index (χ3n) is 3.17. The number of anilines is 3. The second-order valence-electron chi connectivity index (χ2n) is 4.68. The molecule has 0 amide bonds. The van der Waals surface area contributed by atoms with Gasteiger partial charge in [-0.2, -0.15) is 26.7 Å². The molecule has 1 aromatic heterocycles. The summed E-state index contributed by atoms with van der Waals surface area (Å²) in [5, 5.41) is 3.83. The summed E-state index contributed by atoms with van der Waals surface area (Å²) in [5.74, 6) is 1.43. The van der Waals surface area contributed by atoms with Crippen molar-refractivity contribution in [1.29, 1.82) is 0 Å². The number of rotatable bonds is 6. The first kappa shape index (κ1) is 15.1. The minimum atomic E-state index is 0.252. The van der Waals surface area contributed by atoms with Gasteiger partial charge in [0, 0.05) is 24.9 Å². The molecule has 112 valence electrons. The molecule has 8 heteroatoms. The first-order valence-electron chi connectivity index (χ1n) is 6.80. The zero-order valence-corrected chi connectivity index (χ0v) is 12.8. The Balaban J connectivity index is 1.97. The highest BCUT2D eigenvalue weighted by Crippen LogP contribution is 2.14. The summed E-state index contributed by atoms with van der Waals surface area (Å²) in [4.78, 5) is 14.8. The molecule has 1 atom stereocenters. The molecule has 3 N–H and O–H groups in total. The number of hydrogen-bond donors (Lipinski definition) is 2. The molecule has 0 aliphatic carbocycles. The van der Waals surface area contributed by atoms with Crippen LogP contribution in [0.4, 0.5) is 17.8 Å². The highest BCUT2D eigenvalue weighted by atomic mass is 32.2. The molecule has 2 heterocycles. The minimum Gasteiger partial charge on any atom is -0.378 e. The molecule has 1 saturated heterocycles. The molecular weight excluding hydrogens is 276 g/mol. The van der Waals surface area contributed by atoms with Gasteiger partial charge in [0.25, 0.3) is 0 Å². The van der Waals surface area contributed by atoms with Crippen molar-refractivity contribution in [2.24, 2.45) is 0 Å². The Labute approximate surface area is 123 Å². The average molecular weight is 298 g/mol. The summed E-state index contributed by atoms with van der Waals surface area (Å²) in [6, 6.07) is 0. The zero-order valence-electron chi connectivity index (χ0n) is 12.0. The van der Waals surface area contributed by atoms with Crippen LogP contribution in [0.2, 0.25) is 0 Å². The molecule has 1 fully saturated rings. The molecule has 0 bridgehead atoms. The van der Waals surface area contributed by atoms with Gasteiger partial charge in [0.05, 0.1) is 13.2 Å². The highest BCUT2D eigenvalue weighted by Gasteiger charge is 2.15. The predicted molar refractivity (Wildman–Crippen MR) is 83.4 cm³/mol. The number of thioether (sulfide) groups is 1. The average Bonchev–Trinajstić information content (AvgIpc) is 2.47. The summed E-state index contributed by atoms with van der Waals surface area (Å²) in [5.41, 5.74) is 5.76. The SMILES string of the molecule is CSC(C)CCNc1nc(N)nc(N2CCOCC2)n1. The smallest absolute Gasteiger partial charge is 0.232 e. The lowest BCUT2D eigenvalue weighted by Gasteiger charge is -2.26. The zero-order chi connectivity index (χ0) is 14.4. The van der Waals surface area contributed by atoms with Gasteiger partial charge in [0.1, 0.15) is 0 Å². The van der Waals surface area contributed by atoms with Crippen LogP contribution in [-0.2, 0) is 4.74 Å². The largest absolute Gasteiger partial charge is 0.378 e. The van der Waals surface area contributed by atoms with Crippen LogP contribution in [0.25, 0.3) is 0 Å². The van der Waals surface area contributed by atoms with E-state index in [9.17, 15) is 0 Å². The Kier molecular flexibility index (Phi) is 5.66. The lowest BCUT2D eigenvalue weighted by molar-refractivity contribution is 0.122. The molecule has 7 nitrogen and oxygen atoms in total. The van der Waals surface area contributed by atoms with Crippen LogP contribution in [0, 0.1) is 0 Å². The van der Waals surface area contributed by atoms with Crippen molar-refractivity contribution in [2.45, 2.75) is 18.6 Å². The summed E-state index contributed by atoms with van der Waals surface area (Å²) in [6.45, 7) is 5.99. The van der Waals surface area contributed by atoms with Crippen LogP contribution in [0.3, 0.4) is 0 Å². The number of hydrogen-bond acceptors (Lipinski definition) is 8. The van der Waals surface area contributed by atoms with Crippen molar-refractivity contribution in [3.05, 3.63) is 0 Å². The van der Waals surface area contributed by atoms with Crippen LogP contribution in [0.1, 0.15) is 13.3 Å². The fraction of sp³-hybridized carbons (Fsp3) is 0.750. The Bertz CT molecular complexity index is 426. The van der Waals surface area contributed by atoms with Crippen molar-refractivity contribution < 1.29 is 4.74 Å². The van der Waals surface area contributed by atoms with Gasteiger partial charge in [-0.05, 0) is 12.7 Å². The van der Waals surface area contributed by atoms with Crippen molar-refractivity contribution in [2.75, 3.05) is 55.1 Å². The Morgan fingerprint density at radius 3 is 2.80 bits per heavy atom. The summed E-state index contributed by atoms with van der Waals surface area (Å²) in [7, 11) is 0. The maximum absolute atomic E-state index is 5.76. The third kappa shape index (κ3) is 4.38. The van der Waals surface area contributed by atoms with Crippen LogP contribution >= 0.6 is 11.8 Å². The third-order valence-corrected chi connectivity index (χ3v) is 4.21. The van der Waals surface area contributed by atoms with E-state index in [2.05, 4.69) is 38.3 Å². The second-order valence-corrected chi connectivity index (χ2v) is 5.95. The van der Waals surface area contributed by atoms with Crippen LogP contribution in [-0.4, -0.2) is 59.3 Å². The van der Waals surface area contributed by atoms with E-state index < -0.39 is 0 Å². The van der Waals surface area contributed by atoms with Crippen molar-refractivity contribution in [1.82, 2.24) is 15.0 Å². The summed E-state index contributed by atoms with van der Waals surface area (Å²) >= 11 is 1.85. The van der Waals surface area contributed by atoms with Crippen molar-refractivity contribution >= 4 is 29.6 Å². The lowest BCUT2D eigenvalue weighted by atomic mass is 10.3. The van der Waals surface area contributed by atoms with Crippen molar-refractivity contribution in [3.8, 4) is 0 Å². The number of aromatic nitrogens is 3. The molecule has 0 radical (unpaired) electrons. The molecule has 1 unspecified atom stereocenters. The van der Waals surface area contributed by atoms with Crippen molar-refractivity contribution in [3.63, 3.8) is 0 Å². The Morgan fingerprint density at radius 1 is 1.35 bits per heavy atom. The van der Waals surface area contributed by atoms with E-state index in [0.717, 1.165) is 26.1 Å². The lowest BCUT2D eigenvalue weighted by Crippen LogP contribution is -2.37. The number of ether oxygens (including phenoxy) is 1. The van der Waals surface area contributed by atoms with E-state index in [4.69, 9.17) is 10.5 Å². The molecule has 0 saturated carbocycles. The second kappa shape index (κ2) is 7.49. The predicted octanol–water partition coefficient (Wildman–Crippen LogP) is 0.844. The van der Waals surface area contributed by atoms with Gasteiger partial charge in [0.2, 0.25) is 17.8 Å². The van der Waals surface area contributed by atoms with E-state index in [1.807, 2.05) is 11.8 Å². The van der Waals surface area contributed by atoms with Gasteiger partial charge in [-0.1, -0.05) is 6.92 Å². The van der Waals surface area contributed by atoms with Gasteiger partial charge in [0.15, 0.2) is 0 Å². The highest BCUT2D eigenvalue weighted by molar-refractivity contribution is 7.99. The van der Waals surface area contributed by atoms with E-state index in [-0.39, 0.29) is 5.95 Å². The monoisotopic (exact) mass is 298 g/mol. The van der Waals surface area contributed by atoms with Crippen LogP contribution < -0.4 is 16.0 Å². The number of nitrogens with zero attached hydrogens (tertiary/aromatic N) is 4. The van der Waals surface area contributed by atoms with Gasteiger partial charge in [-0.15, -0.1) is 0 Å². The normalized spacial score (nSPS) is 17.0. The molecule has 1 aliphatic rings. The molecule has 1 aromatic rings. The van der Waals surface area contributed by atoms with E-state index in [0.29, 0.717) is 30.4 Å². The fourth-order valence-electron chi connectivity index (χ4n) is 1.87. The van der Waals surface area contributed by atoms with Gasteiger partial charge in [-0.3, -0.25) is 0 Å². The molecule has 1 aliphatic heterocycles. The Morgan fingerprint density at radius 2 is 2.10 bits per heavy atom. The summed E-state index contributed by atoms with van der Waals surface area (Å²) < 4.78 is 5.32. The molecule has 0 spiro atoms. The van der Waals surface area contributed by atoms with E-state index >= 15 is 0 Å². The topological polar surface area (TPSA) is 89.2 Å². The minimum absolute atomic E-state index is 0.252. The summed E-state index contributed by atoms with van der Waals surface area (Å²) in [6.07, 6.45) is 3.17. The van der Waals surface area contributed by atoms with E-state index in [1.54, 1.807) is 0 Å². The maximum Gasteiger partial charge on any atom is 0.232 e. The number of nitrogens with two attached hydrogens (primary N) is 1. The number of nitrogen functional groups attached to an aromatic ring is 1. The molecular formula is C12H22N6OS. The quantitative estimate of drug-likeness (QED) is 0.799. The van der Waals surface area contributed by atoms with Crippen LogP contribution in [0.5, 0.6) is 0 Å². The molecule has 0 aromatic carbocycles.